The summed E-state index contributed by atoms with van der Waals surface area (Å²) >= 11 is 0. The van der Waals surface area contributed by atoms with Gasteiger partial charge in [0, 0.05) is 32.4 Å². The molecular formula is C20H19FN6O2. The van der Waals surface area contributed by atoms with E-state index in [4.69, 9.17) is 0 Å². The molecule has 9 heteroatoms. The first-order chi connectivity index (χ1) is 14.0. The summed E-state index contributed by atoms with van der Waals surface area (Å²) in [4.78, 5) is 30.9. The summed E-state index contributed by atoms with van der Waals surface area (Å²) in [5.41, 5.74) is 2.25. The van der Waals surface area contributed by atoms with Gasteiger partial charge in [0.1, 0.15) is 11.9 Å². The first-order valence-corrected chi connectivity index (χ1v) is 9.06. The van der Waals surface area contributed by atoms with Crippen molar-refractivity contribution in [3.05, 3.63) is 71.9 Å². The molecule has 29 heavy (non-hydrogen) atoms. The van der Waals surface area contributed by atoms with Gasteiger partial charge in [-0.25, -0.2) is 14.2 Å². The van der Waals surface area contributed by atoms with Crippen LogP contribution < -0.4 is 15.5 Å². The molecule has 8 nitrogen and oxygen atoms in total. The number of pyridine rings is 1. The lowest BCUT2D eigenvalue weighted by Crippen LogP contribution is -2.50. The minimum Gasteiger partial charge on any atom is -0.379 e. The fourth-order valence-corrected chi connectivity index (χ4v) is 3.21. The second-order valence-electron chi connectivity index (χ2n) is 6.75. The van der Waals surface area contributed by atoms with Gasteiger partial charge >= 0.3 is 6.03 Å². The van der Waals surface area contributed by atoms with Gasteiger partial charge in [-0.1, -0.05) is 12.1 Å². The van der Waals surface area contributed by atoms with E-state index in [1.807, 2.05) is 6.07 Å². The maximum absolute atomic E-state index is 13.3. The number of carbonyl (C=O) groups is 2. The van der Waals surface area contributed by atoms with Crippen molar-refractivity contribution in [2.75, 3.05) is 23.8 Å². The lowest BCUT2D eigenvalue weighted by Gasteiger charge is -2.20. The lowest BCUT2D eigenvalue weighted by atomic mass is 10.1. The van der Waals surface area contributed by atoms with Crippen LogP contribution in [0.25, 0.3) is 0 Å². The zero-order valence-corrected chi connectivity index (χ0v) is 15.7. The minimum atomic E-state index is -0.780. The monoisotopic (exact) mass is 394 g/mol. The van der Waals surface area contributed by atoms with Crippen LogP contribution in [0.2, 0.25) is 0 Å². The van der Waals surface area contributed by atoms with E-state index in [1.54, 1.807) is 43.8 Å². The van der Waals surface area contributed by atoms with Gasteiger partial charge in [0.15, 0.2) is 5.82 Å². The predicted molar refractivity (Wildman–Crippen MR) is 105 cm³/mol. The first kappa shape index (κ1) is 18.6. The summed E-state index contributed by atoms with van der Waals surface area (Å²) in [5, 5.41) is 9.89. The highest BCUT2D eigenvalue weighted by Gasteiger charge is 2.30. The molecule has 1 aliphatic heterocycles. The molecule has 0 saturated heterocycles. The van der Waals surface area contributed by atoms with Crippen molar-refractivity contribution < 1.29 is 14.0 Å². The van der Waals surface area contributed by atoms with Crippen molar-refractivity contribution in [2.45, 2.75) is 12.5 Å². The molecule has 2 amide bonds. The van der Waals surface area contributed by atoms with Crippen LogP contribution >= 0.6 is 0 Å². The Hall–Kier alpha value is -3.75. The van der Waals surface area contributed by atoms with E-state index in [-0.39, 0.29) is 18.3 Å². The molecule has 0 fully saturated rings. The highest BCUT2D eigenvalue weighted by Crippen LogP contribution is 2.24. The van der Waals surface area contributed by atoms with Crippen LogP contribution in [0.3, 0.4) is 0 Å². The van der Waals surface area contributed by atoms with Crippen LogP contribution in [0.5, 0.6) is 0 Å². The normalized spacial score (nSPS) is 16.0. The number of carbonyl (C=O) groups excluding carboxylic acids is 2. The summed E-state index contributed by atoms with van der Waals surface area (Å²) in [7, 11) is 1.62. The topological polar surface area (TPSA) is 92.2 Å². The van der Waals surface area contributed by atoms with Crippen molar-refractivity contribution in [1.29, 1.82) is 0 Å². The summed E-state index contributed by atoms with van der Waals surface area (Å²) < 4.78 is 14.5. The van der Waals surface area contributed by atoms with Gasteiger partial charge in [-0.2, -0.15) is 9.78 Å². The second-order valence-corrected chi connectivity index (χ2v) is 6.75. The van der Waals surface area contributed by atoms with Crippen LogP contribution in [0.4, 0.5) is 20.7 Å². The Labute approximate surface area is 166 Å². The molecule has 3 heterocycles. The fraction of sp³-hybridized carbons (Fsp3) is 0.200. The molecule has 2 N–H and O–H groups in total. The summed E-state index contributed by atoms with van der Waals surface area (Å²) in [6.45, 7) is 0.227. The maximum Gasteiger partial charge on any atom is 0.342 e. The number of halogens is 1. The standard InChI is InChI=1S/C20H19FN6O2/c1-26-18-16(6-3-7-22-18)23-11-17(19(26)28)25-20(29)27-12-14(10-24-27)8-13-4-2-5-15(21)9-13/h2-7,9-10,12,17,23H,8,11H2,1H3,(H,25,29)/t17-/m0/s1. The van der Waals surface area contributed by atoms with Gasteiger partial charge in [-0.3, -0.25) is 9.69 Å². The molecule has 0 spiro atoms. The van der Waals surface area contributed by atoms with Crippen LogP contribution in [0.15, 0.2) is 55.0 Å². The molecule has 1 aliphatic rings. The van der Waals surface area contributed by atoms with Crippen molar-refractivity contribution in [2.24, 2.45) is 0 Å². The third-order valence-electron chi connectivity index (χ3n) is 4.67. The number of benzene rings is 1. The third kappa shape index (κ3) is 3.93. The Bertz CT molecular complexity index is 1070. The number of anilines is 2. The van der Waals surface area contributed by atoms with Gasteiger partial charge in [-0.15, -0.1) is 0 Å². The molecule has 1 aromatic carbocycles. The van der Waals surface area contributed by atoms with Crippen LogP contribution in [0.1, 0.15) is 11.1 Å². The molecule has 0 unspecified atom stereocenters. The number of aromatic nitrogens is 3. The molecule has 148 valence electrons. The Morgan fingerprint density at radius 1 is 1.31 bits per heavy atom. The zero-order valence-electron chi connectivity index (χ0n) is 15.7. The number of hydrogen-bond donors (Lipinski definition) is 2. The Balaban J connectivity index is 1.44. The van der Waals surface area contributed by atoms with Gasteiger partial charge in [0.2, 0.25) is 0 Å². The smallest absolute Gasteiger partial charge is 0.342 e. The van der Waals surface area contributed by atoms with Crippen molar-refractivity contribution in [3.63, 3.8) is 0 Å². The number of rotatable bonds is 3. The number of fused-ring (bicyclic) bond motifs is 1. The SMILES string of the molecule is CN1C(=O)[C@@H](NC(=O)n2cc(Cc3cccc(F)c3)cn2)CNc2cccnc21. The molecule has 0 saturated carbocycles. The lowest BCUT2D eigenvalue weighted by molar-refractivity contribution is -0.119. The van der Waals surface area contributed by atoms with Gasteiger partial charge in [0.05, 0.1) is 11.9 Å². The van der Waals surface area contributed by atoms with E-state index in [0.717, 1.165) is 21.5 Å². The number of amides is 2. The average molecular weight is 394 g/mol. The average Bonchev–Trinajstić information content (AvgIpc) is 3.14. The molecule has 0 bridgehead atoms. The second kappa shape index (κ2) is 7.70. The van der Waals surface area contributed by atoms with E-state index in [2.05, 4.69) is 20.7 Å². The van der Waals surface area contributed by atoms with E-state index >= 15 is 0 Å². The molecular weight excluding hydrogens is 375 g/mol. The van der Waals surface area contributed by atoms with Gasteiger partial charge < -0.3 is 10.6 Å². The highest BCUT2D eigenvalue weighted by atomic mass is 19.1. The molecule has 0 aliphatic carbocycles. The quantitative estimate of drug-likeness (QED) is 0.709. The van der Waals surface area contributed by atoms with E-state index in [0.29, 0.717) is 12.2 Å². The molecule has 4 rings (SSSR count). The van der Waals surface area contributed by atoms with Crippen LogP contribution in [-0.2, 0) is 11.2 Å². The Morgan fingerprint density at radius 2 is 2.17 bits per heavy atom. The van der Waals surface area contributed by atoms with Crippen LogP contribution in [0, 0.1) is 5.82 Å². The van der Waals surface area contributed by atoms with Crippen molar-refractivity contribution in [1.82, 2.24) is 20.1 Å². The molecule has 3 aromatic rings. The van der Waals surface area contributed by atoms with Crippen molar-refractivity contribution in [3.8, 4) is 0 Å². The first-order valence-electron chi connectivity index (χ1n) is 9.06. The molecule has 2 aromatic heterocycles. The summed E-state index contributed by atoms with van der Waals surface area (Å²) in [6, 6.07) is 8.54. The Morgan fingerprint density at radius 3 is 3.00 bits per heavy atom. The maximum atomic E-state index is 13.3. The molecule has 0 radical (unpaired) electrons. The summed E-state index contributed by atoms with van der Waals surface area (Å²) in [6.07, 6.45) is 5.16. The number of nitrogens with one attached hydrogen (secondary N) is 2. The largest absolute Gasteiger partial charge is 0.379 e. The fourth-order valence-electron chi connectivity index (χ4n) is 3.21. The third-order valence-corrected chi connectivity index (χ3v) is 4.67. The van der Waals surface area contributed by atoms with Gasteiger partial charge in [-0.05, 0) is 35.4 Å². The zero-order chi connectivity index (χ0) is 20.4. The molecule has 1 atom stereocenters. The predicted octanol–water partition coefficient (Wildman–Crippen LogP) is 2.02. The van der Waals surface area contributed by atoms with Gasteiger partial charge in [0.25, 0.3) is 5.91 Å². The summed E-state index contributed by atoms with van der Waals surface area (Å²) in [5.74, 6) is -0.0900. The number of nitrogens with zero attached hydrogens (tertiary/aromatic N) is 4. The van der Waals surface area contributed by atoms with Crippen LogP contribution in [-0.4, -0.2) is 46.3 Å². The number of likely N-dealkylation sites (N-methyl/N-ethyl adjacent to an activating group) is 1. The Kier molecular flexibility index (Phi) is 4.94. The number of hydrogen-bond acceptors (Lipinski definition) is 5. The van der Waals surface area contributed by atoms with Crippen molar-refractivity contribution >= 4 is 23.4 Å². The minimum absolute atomic E-state index is 0.227. The van der Waals surface area contributed by atoms with E-state index < -0.39 is 12.1 Å². The highest BCUT2D eigenvalue weighted by molar-refractivity contribution is 6.01. The van der Waals surface area contributed by atoms with E-state index in [1.165, 1.54) is 17.0 Å². The van der Waals surface area contributed by atoms with E-state index in [9.17, 15) is 14.0 Å².